The first-order valence-corrected chi connectivity index (χ1v) is 7.62. The molecule has 0 fully saturated rings. The number of anilines is 1. The van der Waals surface area contributed by atoms with Gasteiger partial charge in [-0.3, -0.25) is 10.1 Å². The van der Waals surface area contributed by atoms with Gasteiger partial charge in [0, 0.05) is 10.2 Å². The summed E-state index contributed by atoms with van der Waals surface area (Å²) < 4.78 is 0.733. The minimum Gasteiger partial charge on any atom is -0.332 e. The molecular weight excluding hydrogens is 348 g/mol. The second-order valence-corrected chi connectivity index (χ2v) is 5.90. The molecule has 0 saturated heterocycles. The molecule has 1 amide bonds. The quantitative estimate of drug-likeness (QED) is 0.786. The van der Waals surface area contributed by atoms with E-state index in [0.717, 1.165) is 15.7 Å². The van der Waals surface area contributed by atoms with Gasteiger partial charge in [0.25, 0.3) is 5.91 Å². The molecule has 0 atom stereocenters. The number of carbonyl (C=O) groups is 1. The van der Waals surface area contributed by atoms with Gasteiger partial charge in [0.15, 0.2) is 5.11 Å². The van der Waals surface area contributed by atoms with Crippen LogP contribution in [0, 0.1) is 13.8 Å². The fourth-order valence-electron chi connectivity index (χ4n) is 1.86. The average Bonchev–Trinajstić information content (AvgIpc) is 2.44. The van der Waals surface area contributed by atoms with Crippen molar-refractivity contribution in [1.82, 2.24) is 5.32 Å². The van der Waals surface area contributed by atoms with E-state index in [4.69, 9.17) is 12.2 Å². The van der Waals surface area contributed by atoms with E-state index in [9.17, 15) is 4.79 Å². The molecule has 2 aromatic carbocycles. The number of benzene rings is 2. The smallest absolute Gasteiger partial charge is 0.258 e. The van der Waals surface area contributed by atoms with Crippen molar-refractivity contribution >= 4 is 44.9 Å². The number of aryl methyl sites for hydroxylation is 1. The molecule has 0 saturated carbocycles. The van der Waals surface area contributed by atoms with E-state index < -0.39 is 0 Å². The number of halogens is 1. The summed E-state index contributed by atoms with van der Waals surface area (Å²) in [6.45, 7) is 4.04. The maximum Gasteiger partial charge on any atom is 0.258 e. The lowest BCUT2D eigenvalue weighted by Gasteiger charge is -2.13. The predicted octanol–water partition coefficient (Wildman–Crippen LogP) is 4.19. The van der Waals surface area contributed by atoms with Crippen molar-refractivity contribution in [3.8, 4) is 0 Å². The van der Waals surface area contributed by atoms with E-state index in [0.29, 0.717) is 5.56 Å². The molecule has 0 heterocycles. The highest BCUT2D eigenvalue weighted by Crippen LogP contribution is 2.18. The summed E-state index contributed by atoms with van der Waals surface area (Å²) in [6.07, 6.45) is 0. The molecule has 21 heavy (non-hydrogen) atoms. The number of thiocarbonyl (C=S) groups is 1. The Labute approximate surface area is 137 Å². The van der Waals surface area contributed by atoms with Gasteiger partial charge >= 0.3 is 0 Å². The maximum atomic E-state index is 12.1. The lowest BCUT2D eigenvalue weighted by molar-refractivity contribution is 0.0977. The highest BCUT2D eigenvalue weighted by atomic mass is 79.9. The fraction of sp³-hybridized carbons (Fsp3) is 0.125. The van der Waals surface area contributed by atoms with Gasteiger partial charge in [-0.2, -0.15) is 0 Å². The Kier molecular flexibility index (Phi) is 5.09. The van der Waals surface area contributed by atoms with Crippen molar-refractivity contribution in [3.63, 3.8) is 0 Å². The third-order valence-corrected chi connectivity index (χ3v) is 4.09. The molecule has 0 aliphatic carbocycles. The second-order valence-electron chi connectivity index (χ2n) is 4.64. The SMILES string of the molecule is Cc1cccc(NC(=S)NC(=O)c2ccccc2Br)c1C. The summed E-state index contributed by atoms with van der Waals surface area (Å²) in [4.78, 5) is 12.1. The summed E-state index contributed by atoms with van der Waals surface area (Å²) in [5.74, 6) is -0.245. The first-order valence-electron chi connectivity index (χ1n) is 6.42. The zero-order valence-electron chi connectivity index (χ0n) is 11.7. The van der Waals surface area contributed by atoms with Gasteiger partial charge in [-0.25, -0.2) is 0 Å². The molecule has 2 aromatic rings. The minimum atomic E-state index is -0.245. The van der Waals surface area contributed by atoms with Crippen LogP contribution in [0.2, 0.25) is 0 Å². The van der Waals surface area contributed by atoms with E-state index in [1.807, 2.05) is 44.2 Å². The highest BCUT2D eigenvalue weighted by molar-refractivity contribution is 9.10. The Morgan fingerprint density at radius 3 is 2.52 bits per heavy atom. The van der Waals surface area contributed by atoms with E-state index in [2.05, 4.69) is 26.6 Å². The van der Waals surface area contributed by atoms with Crippen molar-refractivity contribution in [2.75, 3.05) is 5.32 Å². The van der Waals surface area contributed by atoms with Gasteiger partial charge in [0.05, 0.1) is 5.56 Å². The molecule has 5 heteroatoms. The van der Waals surface area contributed by atoms with Crippen LogP contribution in [-0.2, 0) is 0 Å². The van der Waals surface area contributed by atoms with Crippen LogP contribution in [-0.4, -0.2) is 11.0 Å². The molecule has 3 nitrogen and oxygen atoms in total. The van der Waals surface area contributed by atoms with Gasteiger partial charge in [-0.05, 0) is 71.3 Å². The third-order valence-electron chi connectivity index (χ3n) is 3.20. The van der Waals surface area contributed by atoms with Crippen LogP contribution >= 0.6 is 28.1 Å². The Morgan fingerprint density at radius 1 is 1.10 bits per heavy atom. The van der Waals surface area contributed by atoms with Crippen LogP contribution in [0.4, 0.5) is 5.69 Å². The Hall–Kier alpha value is -1.72. The Bertz CT molecular complexity index is 700. The monoisotopic (exact) mass is 362 g/mol. The molecule has 0 aromatic heterocycles. The number of amides is 1. The van der Waals surface area contributed by atoms with Crippen LogP contribution < -0.4 is 10.6 Å². The largest absolute Gasteiger partial charge is 0.332 e. The summed E-state index contributed by atoms with van der Waals surface area (Å²) in [6, 6.07) is 13.1. The van der Waals surface area contributed by atoms with Crippen LogP contribution in [0.1, 0.15) is 21.5 Å². The molecule has 0 unspecified atom stereocenters. The van der Waals surface area contributed by atoms with Crippen molar-refractivity contribution in [3.05, 3.63) is 63.6 Å². The fourth-order valence-corrected chi connectivity index (χ4v) is 2.52. The number of carbonyl (C=O) groups excluding carboxylic acids is 1. The molecule has 0 spiro atoms. The summed E-state index contributed by atoms with van der Waals surface area (Å²) in [5.41, 5.74) is 3.71. The van der Waals surface area contributed by atoms with E-state index in [-0.39, 0.29) is 11.0 Å². The summed E-state index contributed by atoms with van der Waals surface area (Å²) in [7, 11) is 0. The van der Waals surface area contributed by atoms with Gasteiger partial charge in [0.1, 0.15) is 0 Å². The topological polar surface area (TPSA) is 41.1 Å². The van der Waals surface area contributed by atoms with Crippen molar-refractivity contribution in [2.45, 2.75) is 13.8 Å². The normalized spacial score (nSPS) is 10.0. The second kappa shape index (κ2) is 6.83. The van der Waals surface area contributed by atoms with Gasteiger partial charge in [-0.15, -0.1) is 0 Å². The van der Waals surface area contributed by atoms with Gasteiger partial charge in [0.2, 0.25) is 0 Å². The molecule has 0 radical (unpaired) electrons. The first-order chi connectivity index (χ1) is 9.99. The predicted molar refractivity (Wildman–Crippen MR) is 93.7 cm³/mol. The number of nitrogens with one attached hydrogen (secondary N) is 2. The first kappa shape index (κ1) is 15.7. The zero-order chi connectivity index (χ0) is 15.4. The molecule has 0 bridgehead atoms. The number of hydrogen-bond acceptors (Lipinski definition) is 2. The molecular formula is C16H15BrN2OS. The molecule has 0 aliphatic heterocycles. The Morgan fingerprint density at radius 2 is 1.81 bits per heavy atom. The van der Waals surface area contributed by atoms with Crippen molar-refractivity contribution in [2.24, 2.45) is 0 Å². The van der Waals surface area contributed by atoms with Crippen LogP contribution in [0.3, 0.4) is 0 Å². The van der Waals surface area contributed by atoms with Gasteiger partial charge in [-0.1, -0.05) is 24.3 Å². The van der Waals surface area contributed by atoms with Crippen LogP contribution in [0.15, 0.2) is 46.9 Å². The molecule has 2 N–H and O–H groups in total. The zero-order valence-corrected chi connectivity index (χ0v) is 14.1. The highest BCUT2D eigenvalue weighted by Gasteiger charge is 2.11. The number of hydrogen-bond donors (Lipinski definition) is 2. The minimum absolute atomic E-state index is 0.245. The molecule has 0 aliphatic rings. The van der Waals surface area contributed by atoms with E-state index >= 15 is 0 Å². The lowest BCUT2D eigenvalue weighted by Crippen LogP contribution is -2.34. The third kappa shape index (κ3) is 3.89. The van der Waals surface area contributed by atoms with Crippen molar-refractivity contribution in [1.29, 1.82) is 0 Å². The molecule has 108 valence electrons. The molecule has 2 rings (SSSR count). The van der Waals surface area contributed by atoms with E-state index in [1.54, 1.807) is 12.1 Å². The van der Waals surface area contributed by atoms with E-state index in [1.165, 1.54) is 5.56 Å². The lowest BCUT2D eigenvalue weighted by atomic mass is 10.1. The summed E-state index contributed by atoms with van der Waals surface area (Å²) >= 11 is 8.55. The Balaban J connectivity index is 2.07. The standard InChI is InChI=1S/C16H15BrN2OS/c1-10-6-5-9-14(11(10)2)18-16(21)19-15(20)12-7-3-4-8-13(12)17/h3-9H,1-2H3,(H2,18,19,20,21). The van der Waals surface area contributed by atoms with Crippen LogP contribution in [0.25, 0.3) is 0 Å². The summed E-state index contributed by atoms with van der Waals surface area (Å²) in [5, 5.41) is 6.02. The number of rotatable bonds is 2. The van der Waals surface area contributed by atoms with Crippen LogP contribution in [0.5, 0.6) is 0 Å². The van der Waals surface area contributed by atoms with Gasteiger partial charge < -0.3 is 5.32 Å². The average molecular weight is 363 g/mol. The maximum absolute atomic E-state index is 12.1. The van der Waals surface area contributed by atoms with Crippen molar-refractivity contribution < 1.29 is 4.79 Å².